The third-order valence-electron chi connectivity index (χ3n) is 3.41. The molecule has 0 radical (unpaired) electrons. The largest absolute Gasteiger partial charge is 0.508 e. The van der Waals surface area contributed by atoms with E-state index < -0.39 is 18.1 Å². The number of carbonyl (C=O) groups excluding carboxylic acids is 2. The van der Waals surface area contributed by atoms with E-state index in [1.807, 2.05) is 0 Å². The van der Waals surface area contributed by atoms with Gasteiger partial charge in [-0.15, -0.1) is 0 Å². The molecular formula is C14H17NO5. The highest BCUT2D eigenvalue weighted by atomic mass is 16.5. The Morgan fingerprint density at radius 3 is 2.75 bits per heavy atom. The number of ether oxygens (including phenoxy) is 1. The van der Waals surface area contributed by atoms with Gasteiger partial charge in [0.1, 0.15) is 11.8 Å². The molecule has 1 aromatic carbocycles. The Labute approximate surface area is 116 Å². The van der Waals surface area contributed by atoms with Gasteiger partial charge in [0, 0.05) is 18.5 Å². The molecule has 1 heterocycles. The normalized spacial score (nSPS) is 21.8. The van der Waals surface area contributed by atoms with Crippen molar-refractivity contribution in [1.82, 2.24) is 4.90 Å². The number of para-hydroxylation sites is 1. The molecule has 1 saturated heterocycles. The van der Waals surface area contributed by atoms with Crippen molar-refractivity contribution in [1.29, 1.82) is 0 Å². The molecule has 1 aliphatic rings. The monoisotopic (exact) mass is 279 g/mol. The predicted molar refractivity (Wildman–Crippen MR) is 70.0 cm³/mol. The second kappa shape index (κ2) is 5.92. The summed E-state index contributed by atoms with van der Waals surface area (Å²) in [5.41, 5.74) is 0.488. The minimum atomic E-state index is -0.756. The van der Waals surface area contributed by atoms with Crippen LogP contribution in [0.2, 0.25) is 0 Å². The van der Waals surface area contributed by atoms with Gasteiger partial charge in [-0.3, -0.25) is 4.79 Å². The van der Waals surface area contributed by atoms with E-state index in [4.69, 9.17) is 0 Å². The lowest BCUT2D eigenvalue weighted by molar-refractivity contribution is -0.150. The van der Waals surface area contributed by atoms with E-state index in [2.05, 4.69) is 4.74 Å². The lowest BCUT2D eigenvalue weighted by Gasteiger charge is -2.22. The average Bonchev–Trinajstić information content (AvgIpc) is 2.82. The molecule has 2 rings (SSSR count). The smallest absolute Gasteiger partial charge is 0.328 e. The first-order valence-corrected chi connectivity index (χ1v) is 6.35. The average molecular weight is 279 g/mol. The summed E-state index contributed by atoms with van der Waals surface area (Å²) in [5.74, 6) is -0.819. The first-order valence-electron chi connectivity index (χ1n) is 6.35. The Morgan fingerprint density at radius 1 is 1.40 bits per heavy atom. The molecule has 2 N–H and O–H groups in total. The topological polar surface area (TPSA) is 87.1 Å². The van der Waals surface area contributed by atoms with Gasteiger partial charge in [0.25, 0.3) is 0 Å². The van der Waals surface area contributed by atoms with Crippen LogP contribution in [0.3, 0.4) is 0 Å². The molecule has 0 aromatic heterocycles. The highest BCUT2D eigenvalue weighted by molar-refractivity contribution is 5.86. The van der Waals surface area contributed by atoms with Crippen molar-refractivity contribution in [3.8, 4) is 5.75 Å². The fraction of sp³-hybridized carbons (Fsp3) is 0.429. The quantitative estimate of drug-likeness (QED) is 0.765. The zero-order chi connectivity index (χ0) is 14.7. The maximum absolute atomic E-state index is 12.2. The number of esters is 1. The van der Waals surface area contributed by atoms with Gasteiger partial charge in [-0.25, -0.2) is 4.79 Å². The van der Waals surface area contributed by atoms with Crippen LogP contribution in [-0.2, 0) is 20.7 Å². The van der Waals surface area contributed by atoms with Gasteiger partial charge in [-0.05, 0) is 6.07 Å². The van der Waals surface area contributed by atoms with Gasteiger partial charge in [-0.2, -0.15) is 0 Å². The van der Waals surface area contributed by atoms with E-state index in [0.29, 0.717) is 5.56 Å². The number of benzene rings is 1. The minimum absolute atomic E-state index is 0.0209. The lowest BCUT2D eigenvalue weighted by atomic mass is 10.1. The number of hydrogen-bond donors (Lipinski definition) is 2. The number of amides is 1. The molecule has 2 atom stereocenters. The van der Waals surface area contributed by atoms with Gasteiger partial charge in [-0.1, -0.05) is 18.2 Å². The van der Waals surface area contributed by atoms with Gasteiger partial charge < -0.3 is 19.8 Å². The third-order valence-corrected chi connectivity index (χ3v) is 3.41. The summed E-state index contributed by atoms with van der Waals surface area (Å²) in [6.45, 7) is 0.103. The highest BCUT2D eigenvalue weighted by Crippen LogP contribution is 2.22. The van der Waals surface area contributed by atoms with Crippen molar-refractivity contribution in [3.05, 3.63) is 29.8 Å². The molecule has 6 heteroatoms. The second-order valence-electron chi connectivity index (χ2n) is 4.78. The zero-order valence-corrected chi connectivity index (χ0v) is 11.2. The molecule has 0 aliphatic carbocycles. The van der Waals surface area contributed by atoms with E-state index in [0.717, 1.165) is 0 Å². The molecule has 0 bridgehead atoms. The summed E-state index contributed by atoms with van der Waals surface area (Å²) in [6, 6.07) is 5.78. The highest BCUT2D eigenvalue weighted by Gasteiger charge is 2.39. The summed E-state index contributed by atoms with van der Waals surface area (Å²) in [6.07, 6.45) is -0.570. The Bertz CT molecular complexity index is 516. The molecule has 1 aromatic rings. The molecule has 6 nitrogen and oxygen atoms in total. The first kappa shape index (κ1) is 14.3. The molecule has 1 amide bonds. The Morgan fingerprint density at radius 2 is 2.10 bits per heavy atom. The Balaban J connectivity index is 2.11. The number of aromatic hydroxyl groups is 1. The number of nitrogens with zero attached hydrogens (tertiary/aromatic N) is 1. The fourth-order valence-corrected chi connectivity index (χ4v) is 2.37. The van der Waals surface area contributed by atoms with Crippen LogP contribution < -0.4 is 0 Å². The summed E-state index contributed by atoms with van der Waals surface area (Å²) >= 11 is 0. The van der Waals surface area contributed by atoms with Crippen LogP contribution >= 0.6 is 0 Å². The lowest BCUT2D eigenvalue weighted by Crippen LogP contribution is -2.42. The number of β-amino-alcohol motifs (C(OH)–C–C–N with tert-alkyl or cyclic N) is 1. The van der Waals surface area contributed by atoms with Crippen LogP contribution in [0, 0.1) is 0 Å². The summed E-state index contributed by atoms with van der Waals surface area (Å²) in [5, 5.41) is 19.3. The number of hydrogen-bond acceptors (Lipinski definition) is 5. The van der Waals surface area contributed by atoms with Crippen LogP contribution in [0.1, 0.15) is 12.0 Å². The maximum atomic E-state index is 12.2. The Kier molecular flexibility index (Phi) is 4.24. The summed E-state index contributed by atoms with van der Waals surface area (Å²) in [7, 11) is 1.25. The van der Waals surface area contributed by atoms with Crippen molar-refractivity contribution in [3.63, 3.8) is 0 Å². The summed E-state index contributed by atoms with van der Waals surface area (Å²) in [4.78, 5) is 25.2. The van der Waals surface area contributed by atoms with Gasteiger partial charge in [0.05, 0.1) is 19.6 Å². The minimum Gasteiger partial charge on any atom is -0.508 e. The SMILES string of the molecule is COC(=O)C1CC(O)CN1C(=O)Cc1ccccc1O. The van der Waals surface area contributed by atoms with E-state index >= 15 is 0 Å². The molecule has 1 aliphatic heterocycles. The number of carbonyl (C=O) groups is 2. The number of aliphatic hydroxyl groups is 1. The van der Waals surface area contributed by atoms with Crippen LogP contribution in [0.25, 0.3) is 0 Å². The standard InChI is InChI=1S/C14H17NO5/c1-20-14(19)11-7-10(16)8-15(11)13(18)6-9-4-2-3-5-12(9)17/h2-5,10-11,16-17H,6-8H2,1H3. The van der Waals surface area contributed by atoms with Crippen LogP contribution in [0.15, 0.2) is 24.3 Å². The fourth-order valence-electron chi connectivity index (χ4n) is 2.37. The molecule has 1 fully saturated rings. The Hall–Kier alpha value is -2.08. The second-order valence-corrected chi connectivity index (χ2v) is 4.78. The van der Waals surface area contributed by atoms with Crippen LogP contribution in [-0.4, -0.2) is 52.8 Å². The van der Waals surface area contributed by atoms with Crippen molar-refractivity contribution in [2.75, 3.05) is 13.7 Å². The van der Waals surface area contributed by atoms with E-state index in [-0.39, 0.29) is 31.0 Å². The number of methoxy groups -OCH3 is 1. The number of aliphatic hydroxyl groups excluding tert-OH is 1. The third kappa shape index (κ3) is 2.91. The van der Waals surface area contributed by atoms with Gasteiger partial charge in [0.2, 0.25) is 5.91 Å². The van der Waals surface area contributed by atoms with E-state index in [1.54, 1.807) is 18.2 Å². The maximum Gasteiger partial charge on any atom is 0.328 e. The van der Waals surface area contributed by atoms with Crippen LogP contribution in [0.5, 0.6) is 5.75 Å². The van der Waals surface area contributed by atoms with Crippen LogP contribution in [0.4, 0.5) is 0 Å². The molecular weight excluding hydrogens is 262 g/mol. The molecule has 0 saturated carbocycles. The number of likely N-dealkylation sites (tertiary alicyclic amines) is 1. The summed E-state index contributed by atoms with van der Waals surface area (Å²) < 4.78 is 4.64. The number of rotatable bonds is 3. The molecule has 108 valence electrons. The first-order chi connectivity index (χ1) is 9.52. The number of phenolic OH excluding ortho intramolecular Hbond substituents is 1. The van der Waals surface area contributed by atoms with Crippen molar-refractivity contribution < 1.29 is 24.5 Å². The molecule has 0 spiro atoms. The van der Waals surface area contributed by atoms with Gasteiger partial charge >= 0.3 is 5.97 Å². The predicted octanol–water partition coefficient (Wildman–Crippen LogP) is 0.0695. The molecule has 2 unspecified atom stereocenters. The van der Waals surface area contributed by atoms with Crippen molar-refractivity contribution >= 4 is 11.9 Å². The number of phenols is 1. The van der Waals surface area contributed by atoms with Crippen molar-refractivity contribution in [2.24, 2.45) is 0 Å². The van der Waals surface area contributed by atoms with Crippen molar-refractivity contribution in [2.45, 2.75) is 25.0 Å². The van der Waals surface area contributed by atoms with Gasteiger partial charge in [0.15, 0.2) is 0 Å². The zero-order valence-electron chi connectivity index (χ0n) is 11.2. The molecule has 20 heavy (non-hydrogen) atoms. The van der Waals surface area contributed by atoms with E-state index in [1.165, 1.54) is 18.1 Å². The van der Waals surface area contributed by atoms with E-state index in [9.17, 15) is 19.8 Å².